The molecule has 0 radical (unpaired) electrons. The minimum Gasteiger partial charge on any atom is -0.312 e. The van der Waals surface area contributed by atoms with Crippen molar-refractivity contribution >= 4 is 15.9 Å². The predicted octanol–water partition coefficient (Wildman–Crippen LogP) is 1.56. The van der Waals surface area contributed by atoms with Crippen molar-refractivity contribution in [2.45, 2.75) is 13.1 Å². The quantitative estimate of drug-likeness (QED) is 0.782. The average Bonchev–Trinajstić information content (AvgIpc) is 1.94. The smallest absolute Gasteiger partial charge is 0.265 e. The van der Waals surface area contributed by atoms with Gasteiger partial charge in [-0.15, -0.1) is 0 Å². The highest BCUT2D eigenvalue weighted by Crippen LogP contribution is 2.18. The summed E-state index contributed by atoms with van der Waals surface area (Å²) in [6.07, 6.45) is -0.0509. The van der Waals surface area contributed by atoms with Crippen LogP contribution in [0.2, 0.25) is 0 Å². The van der Waals surface area contributed by atoms with E-state index in [0.717, 1.165) is 0 Å². The van der Waals surface area contributed by atoms with Gasteiger partial charge in [0.1, 0.15) is 10.6 Å². The molecule has 0 saturated carbocycles. The van der Waals surface area contributed by atoms with Gasteiger partial charge >= 0.3 is 0 Å². The molecule has 0 spiro atoms. The standard InChI is InChI=1S/C6H6BrFN2O/c1-3(8)5-4(7)6(11)10-2-9-5/h2-3H,1H3,(H,9,10,11). The molecule has 1 N–H and O–H groups in total. The first-order valence-corrected chi connectivity index (χ1v) is 3.79. The van der Waals surface area contributed by atoms with Gasteiger partial charge in [-0.05, 0) is 22.9 Å². The summed E-state index contributed by atoms with van der Waals surface area (Å²) in [4.78, 5) is 16.8. The minimum absolute atomic E-state index is 0.133. The zero-order valence-electron chi connectivity index (χ0n) is 5.77. The third-order valence-corrected chi connectivity index (χ3v) is 1.97. The van der Waals surface area contributed by atoms with Gasteiger partial charge in [0.25, 0.3) is 5.56 Å². The summed E-state index contributed by atoms with van der Waals surface area (Å²) >= 11 is 2.93. The van der Waals surface area contributed by atoms with Crippen molar-refractivity contribution in [1.29, 1.82) is 0 Å². The van der Waals surface area contributed by atoms with Crippen LogP contribution in [-0.4, -0.2) is 9.97 Å². The molecular weight excluding hydrogens is 215 g/mol. The number of nitrogens with one attached hydrogen (secondary N) is 1. The van der Waals surface area contributed by atoms with E-state index in [4.69, 9.17) is 0 Å². The van der Waals surface area contributed by atoms with Crippen LogP contribution in [0.3, 0.4) is 0 Å². The van der Waals surface area contributed by atoms with Gasteiger partial charge in [0.2, 0.25) is 0 Å². The number of halogens is 2. The zero-order valence-corrected chi connectivity index (χ0v) is 7.35. The molecule has 0 aliphatic rings. The van der Waals surface area contributed by atoms with Gasteiger partial charge in [-0.1, -0.05) is 0 Å². The van der Waals surface area contributed by atoms with Crippen LogP contribution in [0.25, 0.3) is 0 Å². The molecule has 0 aliphatic heterocycles. The Morgan fingerprint density at radius 1 is 1.82 bits per heavy atom. The summed E-state index contributed by atoms with van der Waals surface area (Å²) < 4.78 is 12.8. The highest BCUT2D eigenvalue weighted by Gasteiger charge is 2.10. The Morgan fingerprint density at radius 3 is 2.91 bits per heavy atom. The lowest BCUT2D eigenvalue weighted by Gasteiger charge is -2.00. The lowest BCUT2D eigenvalue weighted by molar-refractivity contribution is 0.363. The third kappa shape index (κ3) is 1.65. The summed E-state index contributed by atoms with van der Waals surface area (Å²) in [7, 11) is 0. The second-order valence-corrected chi connectivity index (χ2v) is 2.84. The summed E-state index contributed by atoms with van der Waals surface area (Å²) in [6, 6.07) is 0. The van der Waals surface area contributed by atoms with Crippen LogP contribution in [0, 0.1) is 0 Å². The van der Waals surface area contributed by atoms with Gasteiger partial charge in [0.05, 0.1) is 12.0 Å². The maximum absolute atomic E-state index is 12.6. The predicted molar refractivity (Wildman–Crippen MR) is 42.1 cm³/mol. The number of hydrogen-bond donors (Lipinski definition) is 1. The number of nitrogens with zero attached hydrogens (tertiary/aromatic N) is 1. The number of H-pyrrole nitrogens is 1. The van der Waals surface area contributed by atoms with Crippen molar-refractivity contribution < 1.29 is 4.39 Å². The maximum Gasteiger partial charge on any atom is 0.265 e. The van der Waals surface area contributed by atoms with Crippen molar-refractivity contribution in [3.05, 3.63) is 26.8 Å². The van der Waals surface area contributed by atoms with E-state index in [1.807, 2.05) is 0 Å². The average molecular weight is 221 g/mol. The van der Waals surface area contributed by atoms with E-state index in [0.29, 0.717) is 0 Å². The molecule has 0 fully saturated rings. The van der Waals surface area contributed by atoms with E-state index in [1.165, 1.54) is 13.3 Å². The van der Waals surface area contributed by atoms with E-state index >= 15 is 0 Å². The molecule has 1 heterocycles. The topological polar surface area (TPSA) is 45.8 Å². The summed E-state index contributed by atoms with van der Waals surface area (Å²) in [6.45, 7) is 1.33. The molecular formula is C6H6BrFN2O. The molecule has 1 atom stereocenters. The highest BCUT2D eigenvalue weighted by atomic mass is 79.9. The number of hydrogen-bond acceptors (Lipinski definition) is 2. The van der Waals surface area contributed by atoms with Gasteiger partial charge in [-0.3, -0.25) is 4.79 Å². The van der Waals surface area contributed by atoms with Gasteiger partial charge in [-0.2, -0.15) is 0 Å². The van der Waals surface area contributed by atoms with E-state index in [9.17, 15) is 9.18 Å². The fraction of sp³-hybridized carbons (Fsp3) is 0.333. The van der Waals surface area contributed by atoms with E-state index < -0.39 is 6.17 Å². The molecule has 11 heavy (non-hydrogen) atoms. The van der Waals surface area contributed by atoms with Crippen LogP contribution in [0.15, 0.2) is 15.6 Å². The SMILES string of the molecule is CC(F)c1nc[nH]c(=O)c1Br. The second kappa shape index (κ2) is 3.13. The maximum atomic E-state index is 12.6. The van der Waals surface area contributed by atoms with Crippen molar-refractivity contribution in [2.75, 3.05) is 0 Å². The molecule has 1 aromatic heterocycles. The van der Waals surface area contributed by atoms with Gasteiger partial charge in [0, 0.05) is 0 Å². The van der Waals surface area contributed by atoms with Gasteiger partial charge in [-0.25, -0.2) is 9.37 Å². The highest BCUT2D eigenvalue weighted by molar-refractivity contribution is 9.10. The normalized spacial score (nSPS) is 13.0. The number of aromatic amines is 1. The lowest BCUT2D eigenvalue weighted by Crippen LogP contribution is -2.10. The first-order valence-electron chi connectivity index (χ1n) is 3.00. The molecule has 0 bridgehead atoms. The molecule has 60 valence electrons. The van der Waals surface area contributed by atoms with Gasteiger partial charge < -0.3 is 4.98 Å². The van der Waals surface area contributed by atoms with Crippen molar-refractivity contribution in [3.63, 3.8) is 0 Å². The van der Waals surface area contributed by atoms with E-state index in [1.54, 1.807) is 0 Å². The first-order chi connectivity index (χ1) is 5.13. The number of rotatable bonds is 1. The molecule has 0 amide bonds. The second-order valence-electron chi connectivity index (χ2n) is 2.05. The van der Waals surface area contributed by atoms with Crippen molar-refractivity contribution in [1.82, 2.24) is 9.97 Å². The molecule has 0 aliphatic carbocycles. The minimum atomic E-state index is -1.23. The Bertz CT molecular complexity index is 310. The van der Waals surface area contributed by atoms with E-state index in [2.05, 4.69) is 25.9 Å². The molecule has 1 unspecified atom stereocenters. The molecule has 1 rings (SSSR count). The lowest BCUT2D eigenvalue weighted by atomic mass is 10.3. The summed E-state index contributed by atoms with van der Waals surface area (Å²) in [5.74, 6) is 0. The Kier molecular flexibility index (Phi) is 2.38. The van der Waals surface area contributed by atoms with Crippen LogP contribution >= 0.6 is 15.9 Å². The van der Waals surface area contributed by atoms with Crippen molar-refractivity contribution in [3.8, 4) is 0 Å². The Hall–Kier alpha value is -0.710. The number of aromatic nitrogens is 2. The fourth-order valence-electron chi connectivity index (χ4n) is 0.674. The monoisotopic (exact) mass is 220 g/mol. The summed E-state index contributed by atoms with van der Waals surface area (Å²) in [5.41, 5.74) is -0.228. The van der Waals surface area contributed by atoms with Crippen LogP contribution in [-0.2, 0) is 0 Å². The Balaban J connectivity index is 3.28. The van der Waals surface area contributed by atoms with Crippen LogP contribution in [0.1, 0.15) is 18.8 Å². The van der Waals surface area contributed by atoms with Crippen molar-refractivity contribution in [2.24, 2.45) is 0 Å². The van der Waals surface area contributed by atoms with E-state index in [-0.39, 0.29) is 15.7 Å². The van der Waals surface area contributed by atoms with Crippen LogP contribution < -0.4 is 5.56 Å². The molecule has 5 heteroatoms. The Morgan fingerprint density at radius 2 is 2.45 bits per heavy atom. The zero-order chi connectivity index (χ0) is 8.43. The van der Waals surface area contributed by atoms with Crippen LogP contribution in [0.4, 0.5) is 4.39 Å². The summed E-state index contributed by atoms with van der Waals surface area (Å²) in [5, 5.41) is 0. The molecule has 1 aromatic rings. The first kappa shape index (κ1) is 8.39. The number of alkyl halides is 1. The molecule has 0 aromatic carbocycles. The third-order valence-electron chi connectivity index (χ3n) is 1.20. The van der Waals surface area contributed by atoms with Crippen LogP contribution in [0.5, 0.6) is 0 Å². The fourth-order valence-corrected chi connectivity index (χ4v) is 1.21. The molecule has 3 nitrogen and oxygen atoms in total. The van der Waals surface area contributed by atoms with Gasteiger partial charge in [0.15, 0.2) is 0 Å². The largest absolute Gasteiger partial charge is 0.312 e. The Labute approximate surface area is 70.8 Å². The molecule has 0 saturated heterocycles.